The number of nitrogens with zero attached hydrogens (tertiary/aromatic N) is 1. The number of nitrogens with one attached hydrogen (secondary N) is 1. The van der Waals surface area contributed by atoms with Gasteiger partial charge in [-0.1, -0.05) is 5.57 Å². The summed E-state index contributed by atoms with van der Waals surface area (Å²) in [5.74, 6) is 0. The quantitative estimate of drug-likeness (QED) is 0.440. The smallest absolute Gasteiger partial charge is 0.0571 e. The molecule has 0 saturated carbocycles. The highest BCUT2D eigenvalue weighted by molar-refractivity contribution is 5.92. The first kappa shape index (κ1) is 8.21. The van der Waals surface area contributed by atoms with Gasteiger partial charge in [0.1, 0.15) is 0 Å². The lowest BCUT2D eigenvalue weighted by atomic mass is 10.3. The number of allylic oxidation sites excluding steroid dienone is 2. The van der Waals surface area contributed by atoms with Crippen molar-refractivity contribution in [2.24, 2.45) is 5.10 Å². The van der Waals surface area contributed by atoms with E-state index in [1.54, 1.807) is 7.05 Å². The Kier molecular flexibility index (Phi) is 3.76. The molecule has 9 heavy (non-hydrogen) atoms. The Morgan fingerprint density at radius 1 is 1.33 bits per heavy atom. The highest BCUT2D eigenvalue weighted by atomic mass is 15.3. The van der Waals surface area contributed by atoms with Gasteiger partial charge in [0.2, 0.25) is 0 Å². The van der Waals surface area contributed by atoms with Crippen molar-refractivity contribution in [3.8, 4) is 0 Å². The first-order valence-corrected chi connectivity index (χ1v) is 3.02. The zero-order chi connectivity index (χ0) is 7.28. The molecule has 0 aromatic carbocycles. The Balaban J connectivity index is 3.90. The van der Waals surface area contributed by atoms with E-state index in [-0.39, 0.29) is 0 Å². The van der Waals surface area contributed by atoms with Gasteiger partial charge in [0.15, 0.2) is 0 Å². The van der Waals surface area contributed by atoms with E-state index >= 15 is 0 Å². The molecule has 0 aromatic heterocycles. The van der Waals surface area contributed by atoms with Gasteiger partial charge in [-0.2, -0.15) is 5.10 Å². The van der Waals surface area contributed by atoms with Gasteiger partial charge in [-0.15, -0.1) is 0 Å². The normalized spacial score (nSPS) is 10.9. The van der Waals surface area contributed by atoms with Crippen LogP contribution in [0.5, 0.6) is 0 Å². The van der Waals surface area contributed by atoms with E-state index in [9.17, 15) is 0 Å². The molecule has 0 aliphatic carbocycles. The molecule has 2 heteroatoms. The van der Waals surface area contributed by atoms with Crippen molar-refractivity contribution >= 4 is 5.71 Å². The second-order valence-electron chi connectivity index (χ2n) is 2.20. The van der Waals surface area contributed by atoms with Gasteiger partial charge < -0.3 is 5.43 Å². The van der Waals surface area contributed by atoms with Gasteiger partial charge in [0.25, 0.3) is 0 Å². The van der Waals surface area contributed by atoms with Crippen LogP contribution in [-0.2, 0) is 0 Å². The van der Waals surface area contributed by atoms with Crippen LogP contribution >= 0.6 is 0 Å². The molecule has 0 spiro atoms. The average Bonchev–Trinajstić information content (AvgIpc) is 1.63. The third-order valence-corrected chi connectivity index (χ3v) is 0.786. The summed E-state index contributed by atoms with van der Waals surface area (Å²) in [6.45, 7) is 6.06. The minimum Gasteiger partial charge on any atom is -0.313 e. The van der Waals surface area contributed by atoms with Crippen molar-refractivity contribution in [3.63, 3.8) is 0 Å². The first-order valence-electron chi connectivity index (χ1n) is 3.02. The van der Waals surface area contributed by atoms with E-state index in [1.165, 1.54) is 5.57 Å². The van der Waals surface area contributed by atoms with E-state index in [4.69, 9.17) is 0 Å². The SMILES string of the molecule is CN/N=C(/C)C=C(C)C. The maximum Gasteiger partial charge on any atom is 0.0571 e. The Bertz CT molecular complexity index is 130. The molecule has 0 fully saturated rings. The molecule has 0 aliphatic rings. The van der Waals surface area contributed by atoms with Crippen LogP contribution in [0.3, 0.4) is 0 Å². The zero-order valence-corrected chi connectivity index (χ0v) is 6.52. The Labute approximate surface area is 56.7 Å². The molecule has 1 N–H and O–H groups in total. The van der Waals surface area contributed by atoms with E-state index in [2.05, 4.69) is 24.4 Å². The molecule has 0 aliphatic heterocycles. The molecule has 0 bridgehead atoms. The molecule has 0 unspecified atom stereocenters. The summed E-state index contributed by atoms with van der Waals surface area (Å²) in [7, 11) is 1.79. The largest absolute Gasteiger partial charge is 0.313 e. The van der Waals surface area contributed by atoms with Crippen LogP contribution in [-0.4, -0.2) is 12.8 Å². The number of rotatable bonds is 2. The molecule has 0 atom stereocenters. The fraction of sp³-hybridized carbons (Fsp3) is 0.571. The standard InChI is InChI=1S/C7H14N2/c1-6(2)5-7(3)9-8-4/h5,8H,1-4H3/b9-7-. The molecule has 52 valence electrons. The summed E-state index contributed by atoms with van der Waals surface area (Å²) in [5.41, 5.74) is 5.00. The number of hydrazone groups is 1. The molecular formula is C7H14N2. The van der Waals surface area contributed by atoms with E-state index in [0.717, 1.165) is 5.71 Å². The number of hydrogen-bond acceptors (Lipinski definition) is 2. The lowest BCUT2D eigenvalue weighted by Gasteiger charge is -1.91. The van der Waals surface area contributed by atoms with Gasteiger partial charge in [0, 0.05) is 7.05 Å². The van der Waals surface area contributed by atoms with Crippen molar-refractivity contribution < 1.29 is 0 Å². The minimum absolute atomic E-state index is 1.01. The first-order chi connectivity index (χ1) is 4.16. The lowest BCUT2D eigenvalue weighted by Crippen LogP contribution is -1.98. The zero-order valence-electron chi connectivity index (χ0n) is 6.52. The van der Waals surface area contributed by atoms with Crippen LogP contribution in [0, 0.1) is 0 Å². The van der Waals surface area contributed by atoms with E-state index in [0.29, 0.717) is 0 Å². The van der Waals surface area contributed by atoms with Crippen LogP contribution < -0.4 is 5.43 Å². The second-order valence-corrected chi connectivity index (χ2v) is 2.20. The van der Waals surface area contributed by atoms with Crippen molar-refractivity contribution in [2.45, 2.75) is 20.8 Å². The molecule has 0 saturated heterocycles. The molecule has 2 nitrogen and oxygen atoms in total. The predicted molar refractivity (Wildman–Crippen MR) is 41.6 cm³/mol. The van der Waals surface area contributed by atoms with Gasteiger partial charge in [-0.05, 0) is 26.8 Å². The van der Waals surface area contributed by atoms with Crippen LogP contribution in [0.1, 0.15) is 20.8 Å². The Hall–Kier alpha value is -0.790. The summed E-state index contributed by atoms with van der Waals surface area (Å²) < 4.78 is 0. The van der Waals surface area contributed by atoms with Gasteiger partial charge in [-0.3, -0.25) is 0 Å². The summed E-state index contributed by atoms with van der Waals surface area (Å²) in [6, 6.07) is 0. The fourth-order valence-corrected chi connectivity index (χ4v) is 0.626. The minimum atomic E-state index is 1.01. The average molecular weight is 126 g/mol. The molecule has 0 amide bonds. The third-order valence-electron chi connectivity index (χ3n) is 0.786. The van der Waals surface area contributed by atoms with Gasteiger partial charge in [0.05, 0.1) is 5.71 Å². The number of hydrogen-bond donors (Lipinski definition) is 1. The van der Waals surface area contributed by atoms with Gasteiger partial charge >= 0.3 is 0 Å². The maximum absolute atomic E-state index is 3.96. The summed E-state index contributed by atoms with van der Waals surface area (Å²) in [6.07, 6.45) is 2.02. The topological polar surface area (TPSA) is 24.4 Å². The summed E-state index contributed by atoms with van der Waals surface area (Å²) >= 11 is 0. The van der Waals surface area contributed by atoms with E-state index in [1.807, 2.05) is 13.0 Å². The third kappa shape index (κ3) is 5.07. The van der Waals surface area contributed by atoms with Crippen LogP contribution in [0.25, 0.3) is 0 Å². The Morgan fingerprint density at radius 3 is 2.22 bits per heavy atom. The van der Waals surface area contributed by atoms with E-state index < -0.39 is 0 Å². The molecule has 0 heterocycles. The highest BCUT2D eigenvalue weighted by Crippen LogP contribution is 1.88. The molecule has 0 rings (SSSR count). The summed E-state index contributed by atoms with van der Waals surface area (Å²) in [4.78, 5) is 0. The van der Waals surface area contributed by atoms with Crippen LogP contribution in [0.4, 0.5) is 0 Å². The van der Waals surface area contributed by atoms with Gasteiger partial charge in [-0.25, -0.2) is 0 Å². The van der Waals surface area contributed by atoms with Crippen molar-refractivity contribution in [1.82, 2.24) is 5.43 Å². The predicted octanol–water partition coefficient (Wildman–Crippen LogP) is 1.55. The summed E-state index contributed by atoms with van der Waals surface area (Å²) in [5, 5.41) is 3.96. The maximum atomic E-state index is 3.96. The second kappa shape index (κ2) is 4.13. The van der Waals surface area contributed by atoms with Crippen molar-refractivity contribution in [1.29, 1.82) is 0 Å². The fourth-order valence-electron chi connectivity index (χ4n) is 0.626. The van der Waals surface area contributed by atoms with Crippen molar-refractivity contribution in [2.75, 3.05) is 7.05 Å². The Morgan fingerprint density at radius 2 is 1.89 bits per heavy atom. The molecule has 0 aromatic rings. The highest BCUT2D eigenvalue weighted by Gasteiger charge is 1.81. The van der Waals surface area contributed by atoms with Crippen molar-refractivity contribution in [3.05, 3.63) is 11.6 Å². The molecular weight excluding hydrogens is 112 g/mol. The lowest BCUT2D eigenvalue weighted by molar-refractivity contribution is 0.901. The van der Waals surface area contributed by atoms with Crippen LogP contribution in [0.15, 0.2) is 16.8 Å². The molecule has 0 radical (unpaired) electrons. The van der Waals surface area contributed by atoms with Crippen LogP contribution in [0.2, 0.25) is 0 Å². The monoisotopic (exact) mass is 126 g/mol.